The van der Waals surface area contributed by atoms with Crippen molar-refractivity contribution in [2.45, 2.75) is 61.5 Å². The molecule has 8 heteroatoms. The monoisotopic (exact) mass is 469 g/mol. The predicted octanol–water partition coefficient (Wildman–Crippen LogP) is 4.59. The minimum Gasteiger partial charge on any atom is -0.481 e. The third-order valence-electron chi connectivity index (χ3n) is 7.45. The highest BCUT2D eigenvalue weighted by Crippen LogP contribution is 2.56. The average molecular weight is 470 g/mol. The quantitative estimate of drug-likeness (QED) is 0.634. The molecule has 5 unspecified atom stereocenters. The lowest BCUT2D eigenvalue weighted by molar-refractivity contribution is -0.146. The minimum atomic E-state index is -0.888. The van der Waals surface area contributed by atoms with E-state index in [2.05, 4.69) is 0 Å². The molecule has 1 spiro atoms. The Morgan fingerprint density at radius 1 is 1.23 bits per heavy atom. The van der Waals surface area contributed by atoms with E-state index in [1.807, 2.05) is 30.4 Å². The summed E-state index contributed by atoms with van der Waals surface area (Å²) in [6, 6.07) is 1.96. The molecule has 0 aromatic heterocycles. The lowest BCUT2D eigenvalue weighted by atomic mass is 9.70. The fourth-order valence-electron chi connectivity index (χ4n) is 5.68. The highest BCUT2D eigenvalue weighted by molar-refractivity contribution is 8.21. The van der Waals surface area contributed by atoms with Gasteiger partial charge in [-0.15, -0.1) is 23.5 Å². The van der Waals surface area contributed by atoms with Crippen molar-refractivity contribution in [3.63, 3.8) is 0 Å². The summed E-state index contributed by atoms with van der Waals surface area (Å²) in [5.41, 5.74) is 7.84. The second-order valence-electron chi connectivity index (χ2n) is 9.19. The number of carboxylic acids is 1. The summed E-state index contributed by atoms with van der Waals surface area (Å²) in [5.74, 6) is -1.75. The van der Waals surface area contributed by atoms with Crippen molar-refractivity contribution < 1.29 is 23.5 Å². The highest BCUT2D eigenvalue weighted by atomic mass is 32.2. The van der Waals surface area contributed by atoms with E-state index in [4.69, 9.17) is 5.73 Å². The van der Waals surface area contributed by atoms with Gasteiger partial charge in [-0.3, -0.25) is 9.59 Å². The topological polar surface area (TPSA) is 80.4 Å². The van der Waals surface area contributed by atoms with Gasteiger partial charge >= 0.3 is 5.97 Å². The van der Waals surface area contributed by atoms with Crippen LogP contribution in [0.4, 0.5) is 8.78 Å². The van der Waals surface area contributed by atoms with Gasteiger partial charge in [0.2, 0.25) is 0 Å². The van der Waals surface area contributed by atoms with Gasteiger partial charge in [-0.05, 0) is 61.3 Å². The number of hydrogen-bond donors (Lipinski definition) is 2. The third kappa shape index (κ3) is 4.53. The largest absolute Gasteiger partial charge is 0.481 e. The zero-order valence-corrected chi connectivity index (χ0v) is 19.2. The fourth-order valence-corrected chi connectivity index (χ4v) is 9.04. The molecular weight excluding hydrogens is 440 g/mol. The van der Waals surface area contributed by atoms with Crippen molar-refractivity contribution in [3.8, 4) is 0 Å². The van der Waals surface area contributed by atoms with Gasteiger partial charge < -0.3 is 10.8 Å². The Morgan fingerprint density at radius 2 is 1.90 bits per heavy atom. The molecule has 2 fully saturated rings. The second kappa shape index (κ2) is 9.02. The Balaban J connectivity index is 1.43. The molecule has 1 aliphatic heterocycles. The van der Waals surface area contributed by atoms with Crippen molar-refractivity contribution in [1.29, 1.82) is 0 Å². The molecule has 1 aromatic rings. The smallest absolute Gasteiger partial charge is 0.306 e. The molecule has 1 saturated carbocycles. The molecule has 1 aromatic carbocycles. The Morgan fingerprint density at radius 3 is 2.58 bits per heavy atom. The van der Waals surface area contributed by atoms with Crippen LogP contribution in [0.2, 0.25) is 0 Å². The Hall–Kier alpha value is -1.12. The highest BCUT2D eigenvalue weighted by Gasteiger charge is 2.48. The van der Waals surface area contributed by atoms with E-state index in [0.29, 0.717) is 24.8 Å². The van der Waals surface area contributed by atoms with Crippen LogP contribution in [0.3, 0.4) is 0 Å². The summed E-state index contributed by atoms with van der Waals surface area (Å²) < 4.78 is 27.3. The van der Waals surface area contributed by atoms with Gasteiger partial charge in [0.05, 0.1) is 10.00 Å². The summed E-state index contributed by atoms with van der Waals surface area (Å²) in [4.78, 5) is 25.1. The van der Waals surface area contributed by atoms with Gasteiger partial charge in [-0.25, -0.2) is 8.78 Å². The molecule has 4 nitrogen and oxygen atoms in total. The second-order valence-corrected chi connectivity index (χ2v) is 12.4. The fraction of sp³-hybridized carbons (Fsp3) is 0.652. The van der Waals surface area contributed by atoms with Crippen molar-refractivity contribution in [1.82, 2.24) is 0 Å². The normalized spacial score (nSPS) is 29.0. The van der Waals surface area contributed by atoms with Crippen LogP contribution in [0.1, 0.15) is 56.1 Å². The molecule has 31 heavy (non-hydrogen) atoms. The van der Waals surface area contributed by atoms with E-state index < -0.39 is 29.6 Å². The van der Waals surface area contributed by atoms with Gasteiger partial charge in [0.1, 0.15) is 5.78 Å². The lowest BCUT2D eigenvalue weighted by Gasteiger charge is -2.41. The molecule has 0 radical (unpaired) electrons. The third-order valence-corrected chi connectivity index (χ3v) is 11.0. The SMILES string of the molecule is CC(C(=O)CC(N)C1CCc2cc(F)c(F)cc21)C1CCC2(CC1C(=O)O)SCCS2. The molecule has 1 saturated heterocycles. The van der Waals surface area contributed by atoms with Crippen LogP contribution in [0, 0.1) is 29.4 Å². The zero-order valence-electron chi connectivity index (χ0n) is 17.6. The number of nitrogens with two attached hydrogens (primary N) is 1. The molecule has 0 amide bonds. The molecule has 1 heterocycles. The maximum Gasteiger partial charge on any atom is 0.306 e. The van der Waals surface area contributed by atoms with E-state index in [1.165, 1.54) is 12.1 Å². The number of ketones is 1. The van der Waals surface area contributed by atoms with Crippen LogP contribution in [0.15, 0.2) is 12.1 Å². The van der Waals surface area contributed by atoms with Gasteiger partial charge in [-0.2, -0.15) is 0 Å². The van der Waals surface area contributed by atoms with Crippen LogP contribution in [-0.4, -0.2) is 38.5 Å². The first-order valence-electron chi connectivity index (χ1n) is 11.0. The molecule has 170 valence electrons. The number of halogens is 2. The number of carboxylic acid groups (broad SMARTS) is 1. The van der Waals surface area contributed by atoms with Crippen LogP contribution >= 0.6 is 23.5 Å². The Kier molecular flexibility index (Phi) is 6.71. The molecular formula is C23H29F2NO3S2. The number of thioether (sulfide) groups is 2. The maximum atomic E-state index is 13.7. The molecule has 4 rings (SSSR count). The van der Waals surface area contributed by atoms with Crippen molar-refractivity contribution >= 4 is 35.3 Å². The van der Waals surface area contributed by atoms with Crippen molar-refractivity contribution in [3.05, 3.63) is 34.9 Å². The standard InChI is InChI=1S/C23H29F2NO3S2/c1-12(14-4-5-23(30-6-7-31-23)11-17(14)22(28)29)21(27)10-20(26)15-3-2-13-8-18(24)19(25)9-16(13)15/h8-9,12,14-15,17,20H,2-7,10-11,26H2,1H3,(H,28,29). The van der Waals surface area contributed by atoms with Crippen molar-refractivity contribution in [2.75, 3.05) is 11.5 Å². The van der Waals surface area contributed by atoms with Crippen LogP contribution in [0.5, 0.6) is 0 Å². The van der Waals surface area contributed by atoms with Gasteiger partial charge in [0.15, 0.2) is 11.6 Å². The van der Waals surface area contributed by atoms with E-state index in [-0.39, 0.29) is 34.0 Å². The molecule has 2 aliphatic carbocycles. The number of aliphatic carboxylic acids is 1. The first-order valence-corrected chi connectivity index (χ1v) is 12.9. The molecule has 0 bridgehead atoms. The number of aryl methyl sites for hydroxylation is 1. The zero-order chi connectivity index (χ0) is 22.3. The van der Waals surface area contributed by atoms with Crippen LogP contribution in [-0.2, 0) is 16.0 Å². The summed E-state index contributed by atoms with van der Waals surface area (Å²) >= 11 is 3.74. The molecule has 3 N–H and O–H groups in total. The first-order chi connectivity index (χ1) is 14.7. The summed E-state index contributed by atoms with van der Waals surface area (Å²) in [6.45, 7) is 1.83. The summed E-state index contributed by atoms with van der Waals surface area (Å²) in [7, 11) is 0. The number of carbonyl (C=O) groups excluding carboxylic acids is 1. The first kappa shape index (κ1) is 23.1. The maximum absolute atomic E-state index is 13.7. The van der Waals surface area contributed by atoms with E-state index in [0.717, 1.165) is 29.9 Å². The molecule has 3 aliphatic rings. The number of hydrogen-bond acceptors (Lipinski definition) is 5. The van der Waals surface area contributed by atoms with Gasteiger partial charge in [0, 0.05) is 35.8 Å². The Labute approximate surface area is 190 Å². The molecule has 5 atom stereocenters. The average Bonchev–Trinajstić information content (AvgIpc) is 3.35. The van der Waals surface area contributed by atoms with E-state index in [1.54, 1.807) is 0 Å². The van der Waals surface area contributed by atoms with Gasteiger partial charge in [-0.1, -0.05) is 6.92 Å². The van der Waals surface area contributed by atoms with Gasteiger partial charge in [0.25, 0.3) is 0 Å². The van der Waals surface area contributed by atoms with Crippen LogP contribution < -0.4 is 5.73 Å². The van der Waals surface area contributed by atoms with E-state index >= 15 is 0 Å². The number of Topliss-reactive ketones (excluding diaryl/α,β-unsaturated/α-hetero) is 1. The summed E-state index contributed by atoms with van der Waals surface area (Å²) in [5, 5.41) is 9.87. The number of carbonyl (C=O) groups is 2. The van der Waals surface area contributed by atoms with E-state index in [9.17, 15) is 23.5 Å². The Bertz CT molecular complexity index is 875. The lowest BCUT2D eigenvalue weighted by Crippen LogP contribution is -2.42. The van der Waals surface area contributed by atoms with Crippen LogP contribution in [0.25, 0.3) is 0 Å². The minimum absolute atomic E-state index is 0.00830. The van der Waals surface area contributed by atoms with Crippen molar-refractivity contribution in [2.24, 2.45) is 23.5 Å². The number of fused-ring (bicyclic) bond motifs is 1. The summed E-state index contributed by atoms with van der Waals surface area (Å²) in [6.07, 6.45) is 3.68. The predicted molar refractivity (Wildman–Crippen MR) is 120 cm³/mol. The number of benzene rings is 1. The number of rotatable bonds is 6.